The molecule has 11 heteroatoms. The zero-order chi connectivity index (χ0) is 27.2. The minimum Gasteiger partial charge on any atom is -0.458 e. The number of aryl methyl sites for hydroxylation is 1. The number of halogens is 6. The van der Waals surface area contributed by atoms with Crippen molar-refractivity contribution >= 4 is 23.6 Å². The molecule has 0 radical (unpaired) electrons. The van der Waals surface area contributed by atoms with Crippen molar-refractivity contribution in [3.05, 3.63) is 58.0 Å². The van der Waals surface area contributed by atoms with Crippen LogP contribution in [0, 0.1) is 0 Å². The second kappa shape index (κ2) is 12.3. The van der Waals surface area contributed by atoms with E-state index in [0.29, 0.717) is 41.3 Å². The molecule has 1 aromatic heterocycles. The second-order valence-corrected chi connectivity index (χ2v) is 9.21. The number of benzene rings is 1. The van der Waals surface area contributed by atoms with E-state index >= 15 is 8.78 Å². The van der Waals surface area contributed by atoms with E-state index in [9.17, 15) is 18.0 Å². The Morgan fingerprint density at radius 2 is 1.76 bits per heavy atom. The molecule has 0 bridgehead atoms. The average molecular weight is 549 g/mol. The van der Waals surface area contributed by atoms with Crippen molar-refractivity contribution in [2.75, 3.05) is 19.6 Å². The lowest BCUT2D eigenvalue weighted by molar-refractivity contribution is -0.274. The number of rotatable bonds is 8. The molecule has 1 aliphatic carbocycles. The highest BCUT2D eigenvalue weighted by Gasteiger charge is 2.46. The molecule has 37 heavy (non-hydrogen) atoms. The molecular weight excluding hydrogens is 519 g/mol. The van der Waals surface area contributed by atoms with Crippen molar-refractivity contribution in [3.8, 4) is 5.75 Å². The summed E-state index contributed by atoms with van der Waals surface area (Å²) in [6, 6.07) is 5.57. The van der Waals surface area contributed by atoms with E-state index in [2.05, 4.69) is 15.0 Å². The molecule has 1 fully saturated rings. The average Bonchev–Trinajstić information content (AvgIpc) is 3.50. The standard InChI is InChI=1S/C24H24ClF5N2O3.C2H6/c25-17-5-8-20-16(12-17)13-21(34-20)23(26,27)22(33)31-18(14-32-9-1-2-10-32)11-15-3-6-19(7-4-15)35-24(28,29)30;1-2/h3-4,6-7,12-13,18H,1-2,5,8-11,14H2,(H,31,33);1-2H3/t18-;/m0./s1. The van der Waals surface area contributed by atoms with Crippen molar-refractivity contribution in [1.29, 1.82) is 0 Å². The van der Waals surface area contributed by atoms with E-state index in [1.54, 1.807) is 6.08 Å². The fourth-order valence-corrected chi connectivity index (χ4v) is 4.54. The maximum atomic E-state index is 15.1. The Morgan fingerprint density at radius 1 is 1.11 bits per heavy atom. The van der Waals surface area contributed by atoms with E-state index in [-0.39, 0.29) is 12.2 Å². The van der Waals surface area contributed by atoms with E-state index in [0.717, 1.165) is 44.1 Å². The van der Waals surface area contributed by atoms with Crippen molar-refractivity contribution < 1.29 is 35.9 Å². The number of carbonyl (C=O) groups is 1. The van der Waals surface area contributed by atoms with Gasteiger partial charge in [0.25, 0.3) is 5.91 Å². The highest BCUT2D eigenvalue weighted by Crippen LogP contribution is 2.36. The van der Waals surface area contributed by atoms with Gasteiger partial charge in [-0.2, -0.15) is 8.78 Å². The predicted octanol–water partition coefficient (Wildman–Crippen LogP) is 6.65. The number of allylic oxidation sites excluding steroid dienone is 1. The Kier molecular flexibility index (Phi) is 9.63. The molecular formula is C26H30ClF5N2O3. The van der Waals surface area contributed by atoms with E-state index in [1.165, 1.54) is 12.1 Å². The summed E-state index contributed by atoms with van der Waals surface area (Å²) in [5.74, 6) is -6.20. The maximum Gasteiger partial charge on any atom is 0.573 e. The van der Waals surface area contributed by atoms with Crippen LogP contribution in [-0.2, 0) is 23.6 Å². The molecule has 2 aromatic rings. The van der Waals surface area contributed by atoms with Gasteiger partial charge in [0.05, 0.1) is 0 Å². The number of amides is 1. The highest BCUT2D eigenvalue weighted by atomic mass is 35.5. The van der Waals surface area contributed by atoms with Crippen LogP contribution in [0.2, 0.25) is 0 Å². The van der Waals surface area contributed by atoms with E-state index < -0.39 is 30.0 Å². The molecule has 1 aromatic carbocycles. The van der Waals surface area contributed by atoms with Crippen molar-refractivity contribution in [2.45, 2.75) is 64.3 Å². The molecule has 4 rings (SSSR count). The van der Waals surface area contributed by atoms with Crippen LogP contribution < -0.4 is 10.1 Å². The van der Waals surface area contributed by atoms with Crippen LogP contribution in [0.1, 0.15) is 55.8 Å². The monoisotopic (exact) mass is 548 g/mol. The van der Waals surface area contributed by atoms with Gasteiger partial charge < -0.3 is 19.4 Å². The van der Waals surface area contributed by atoms with Gasteiger partial charge in [0, 0.05) is 29.6 Å². The molecule has 2 aliphatic rings. The number of ether oxygens (including phenoxy) is 1. The summed E-state index contributed by atoms with van der Waals surface area (Å²) in [5.41, 5.74) is 0.999. The molecule has 5 nitrogen and oxygen atoms in total. The highest BCUT2D eigenvalue weighted by molar-refractivity contribution is 6.31. The Morgan fingerprint density at radius 3 is 2.38 bits per heavy atom. The molecule has 204 valence electrons. The molecule has 0 spiro atoms. The minimum absolute atomic E-state index is 0.150. The third-order valence-electron chi connectivity index (χ3n) is 5.99. The lowest BCUT2D eigenvalue weighted by atomic mass is 10.0. The number of hydrogen-bond acceptors (Lipinski definition) is 4. The molecule has 0 saturated carbocycles. The summed E-state index contributed by atoms with van der Waals surface area (Å²) in [6.07, 6.45) is -0.340. The van der Waals surface area contributed by atoms with Gasteiger partial charge >= 0.3 is 12.3 Å². The molecule has 1 atom stereocenters. The van der Waals surface area contributed by atoms with Crippen LogP contribution in [-0.4, -0.2) is 42.8 Å². The number of nitrogens with zero attached hydrogens (tertiary/aromatic N) is 1. The number of nitrogens with one attached hydrogen (secondary N) is 1. The lowest BCUT2D eigenvalue weighted by Gasteiger charge is -2.26. The zero-order valence-electron chi connectivity index (χ0n) is 20.6. The first-order valence-corrected chi connectivity index (χ1v) is 12.6. The van der Waals surface area contributed by atoms with Gasteiger partial charge in [0.15, 0.2) is 5.76 Å². The number of alkyl halides is 5. The number of furan rings is 1. The van der Waals surface area contributed by atoms with Crippen molar-refractivity contribution in [2.24, 2.45) is 0 Å². The quantitative estimate of drug-likeness (QED) is 0.376. The van der Waals surface area contributed by atoms with Crippen LogP contribution in [0.3, 0.4) is 0 Å². The Labute approximate surface area is 217 Å². The summed E-state index contributed by atoms with van der Waals surface area (Å²) in [5, 5.41) is 2.95. The van der Waals surface area contributed by atoms with E-state index in [1.807, 2.05) is 13.8 Å². The summed E-state index contributed by atoms with van der Waals surface area (Å²) in [4.78, 5) is 14.8. The summed E-state index contributed by atoms with van der Waals surface area (Å²) in [7, 11) is 0. The van der Waals surface area contributed by atoms with Crippen LogP contribution in [0.5, 0.6) is 5.75 Å². The Bertz CT molecular complexity index is 1080. The largest absolute Gasteiger partial charge is 0.573 e. The molecule has 1 amide bonds. The Balaban J connectivity index is 0.00000186. The fourth-order valence-electron chi connectivity index (χ4n) is 4.33. The molecule has 2 heterocycles. The first-order chi connectivity index (χ1) is 17.5. The number of carbonyl (C=O) groups excluding carboxylic acids is 1. The first-order valence-electron chi connectivity index (χ1n) is 12.2. The smallest absolute Gasteiger partial charge is 0.458 e. The number of fused-ring (bicyclic) bond motifs is 1. The fraction of sp³-hybridized carbons (Fsp3) is 0.500. The van der Waals surface area contributed by atoms with Gasteiger partial charge in [0.1, 0.15) is 11.5 Å². The minimum atomic E-state index is -4.81. The van der Waals surface area contributed by atoms with Crippen LogP contribution in [0.15, 0.2) is 39.8 Å². The van der Waals surface area contributed by atoms with Crippen LogP contribution >= 0.6 is 11.6 Å². The van der Waals surface area contributed by atoms with Crippen LogP contribution in [0.25, 0.3) is 6.08 Å². The summed E-state index contributed by atoms with van der Waals surface area (Å²) < 4.78 is 76.5. The van der Waals surface area contributed by atoms with Crippen LogP contribution in [0.4, 0.5) is 22.0 Å². The van der Waals surface area contributed by atoms with Gasteiger partial charge in [-0.1, -0.05) is 37.6 Å². The Hall–Kier alpha value is -2.59. The molecule has 1 saturated heterocycles. The SMILES string of the molecule is CC.O=C(N[C@@H](Cc1ccc(OC(F)(F)F)cc1)CN1CCCC1)C(F)(F)c1cc2c(o1)CCC(Cl)=C2. The second-order valence-electron chi connectivity index (χ2n) is 8.73. The van der Waals surface area contributed by atoms with E-state index in [4.69, 9.17) is 16.0 Å². The zero-order valence-corrected chi connectivity index (χ0v) is 21.4. The van der Waals surface area contributed by atoms with Gasteiger partial charge in [-0.3, -0.25) is 4.79 Å². The van der Waals surface area contributed by atoms with Gasteiger partial charge in [-0.05, 0) is 68.6 Å². The first kappa shape index (κ1) is 29.0. The van der Waals surface area contributed by atoms with Crippen molar-refractivity contribution in [1.82, 2.24) is 10.2 Å². The normalized spacial score (nSPS) is 16.8. The van der Waals surface area contributed by atoms with Crippen molar-refractivity contribution in [3.63, 3.8) is 0 Å². The third kappa shape index (κ3) is 7.95. The number of hydrogen-bond donors (Lipinski definition) is 1. The molecule has 0 unspecified atom stereocenters. The predicted molar refractivity (Wildman–Crippen MR) is 131 cm³/mol. The third-order valence-corrected chi connectivity index (χ3v) is 6.29. The summed E-state index contributed by atoms with van der Waals surface area (Å²) >= 11 is 5.98. The maximum absolute atomic E-state index is 15.1. The van der Waals surface area contributed by atoms with Gasteiger partial charge in [0.2, 0.25) is 0 Å². The number of likely N-dealkylation sites (tertiary alicyclic amines) is 1. The topological polar surface area (TPSA) is 54.7 Å². The molecule has 1 aliphatic heterocycles. The molecule has 1 N–H and O–H groups in total. The van der Waals surface area contributed by atoms with Gasteiger partial charge in [-0.25, -0.2) is 0 Å². The van der Waals surface area contributed by atoms with Gasteiger partial charge in [-0.15, -0.1) is 13.2 Å². The lowest BCUT2D eigenvalue weighted by Crippen LogP contribution is -2.49. The summed E-state index contributed by atoms with van der Waals surface area (Å²) in [6.45, 7) is 5.88.